The van der Waals surface area contributed by atoms with Crippen molar-refractivity contribution in [3.63, 3.8) is 0 Å². The predicted octanol–water partition coefficient (Wildman–Crippen LogP) is 5.19. The lowest BCUT2D eigenvalue weighted by atomic mass is 10.0. The molecule has 3 aromatic rings. The molecule has 0 bridgehead atoms. The SMILES string of the molecule is COc1ccc(C(=O)c2ccc(Oc3ccc(Br)c(C)c3)nc2)cc1OC. The molecule has 3 rings (SSSR count). The molecule has 6 heteroatoms. The van der Waals surface area contributed by atoms with E-state index in [1.54, 1.807) is 37.4 Å². The first-order valence-electron chi connectivity index (χ1n) is 8.18. The number of hydrogen-bond donors (Lipinski definition) is 0. The molecule has 1 heterocycles. The normalized spacial score (nSPS) is 10.4. The summed E-state index contributed by atoms with van der Waals surface area (Å²) in [7, 11) is 3.08. The summed E-state index contributed by atoms with van der Waals surface area (Å²) in [4.78, 5) is 16.9. The Balaban J connectivity index is 1.78. The smallest absolute Gasteiger partial charge is 0.219 e. The molecule has 0 fully saturated rings. The number of carbonyl (C=O) groups is 1. The molecule has 0 unspecified atom stereocenters. The molecule has 0 saturated heterocycles. The van der Waals surface area contributed by atoms with E-state index in [0.29, 0.717) is 34.3 Å². The van der Waals surface area contributed by atoms with Gasteiger partial charge in [0.25, 0.3) is 0 Å². The molecule has 0 spiro atoms. The Hall–Kier alpha value is -2.86. The number of pyridine rings is 1. The molecular weight excluding hydrogens is 410 g/mol. The first kappa shape index (κ1) is 18.9. The molecular formula is C21H18BrNO4. The number of halogens is 1. The number of aryl methyl sites for hydroxylation is 1. The zero-order valence-corrected chi connectivity index (χ0v) is 16.7. The van der Waals surface area contributed by atoms with Crippen molar-refractivity contribution in [1.29, 1.82) is 0 Å². The largest absolute Gasteiger partial charge is 0.493 e. The Morgan fingerprint density at radius 2 is 1.67 bits per heavy atom. The van der Waals surface area contributed by atoms with Gasteiger partial charge in [-0.25, -0.2) is 4.98 Å². The summed E-state index contributed by atoms with van der Waals surface area (Å²) >= 11 is 3.46. The fourth-order valence-electron chi connectivity index (χ4n) is 2.52. The van der Waals surface area contributed by atoms with E-state index in [1.807, 2.05) is 25.1 Å². The second-order valence-corrected chi connectivity index (χ2v) is 6.65. The molecule has 0 aliphatic heterocycles. The van der Waals surface area contributed by atoms with Gasteiger partial charge in [-0.3, -0.25) is 4.79 Å². The van der Waals surface area contributed by atoms with Crippen molar-refractivity contribution in [2.75, 3.05) is 14.2 Å². The lowest BCUT2D eigenvalue weighted by molar-refractivity contribution is 0.103. The second kappa shape index (κ2) is 8.22. The van der Waals surface area contributed by atoms with Crippen LogP contribution >= 0.6 is 15.9 Å². The fourth-order valence-corrected chi connectivity index (χ4v) is 2.77. The number of aromatic nitrogens is 1. The van der Waals surface area contributed by atoms with Crippen LogP contribution in [0.5, 0.6) is 23.1 Å². The van der Waals surface area contributed by atoms with Gasteiger partial charge in [-0.2, -0.15) is 0 Å². The summed E-state index contributed by atoms with van der Waals surface area (Å²) in [6.07, 6.45) is 1.50. The molecule has 0 atom stereocenters. The molecule has 0 aliphatic rings. The van der Waals surface area contributed by atoms with Crippen LogP contribution in [-0.4, -0.2) is 25.0 Å². The van der Waals surface area contributed by atoms with Crippen molar-refractivity contribution in [3.05, 3.63) is 75.9 Å². The van der Waals surface area contributed by atoms with Crippen molar-refractivity contribution in [2.45, 2.75) is 6.92 Å². The first-order chi connectivity index (χ1) is 13.0. The van der Waals surface area contributed by atoms with Crippen LogP contribution in [0.4, 0.5) is 0 Å². The predicted molar refractivity (Wildman–Crippen MR) is 106 cm³/mol. The number of benzene rings is 2. The van der Waals surface area contributed by atoms with Gasteiger partial charge in [0.05, 0.1) is 14.2 Å². The average molecular weight is 428 g/mol. The molecule has 0 aliphatic carbocycles. The van der Waals surface area contributed by atoms with E-state index in [1.165, 1.54) is 13.3 Å². The third kappa shape index (κ3) is 4.28. The van der Waals surface area contributed by atoms with E-state index < -0.39 is 0 Å². The standard InChI is InChI=1S/C21H18BrNO4/c1-13-10-16(6-7-17(13)22)27-20-9-5-15(12-23-20)21(24)14-4-8-18(25-2)19(11-14)26-3/h4-12H,1-3H3. The Bertz CT molecular complexity index is 970. The summed E-state index contributed by atoms with van der Waals surface area (Å²) in [5.74, 6) is 2.01. The summed E-state index contributed by atoms with van der Waals surface area (Å²) in [6.45, 7) is 1.98. The highest BCUT2D eigenvalue weighted by molar-refractivity contribution is 9.10. The topological polar surface area (TPSA) is 57.7 Å². The zero-order chi connectivity index (χ0) is 19.4. The summed E-state index contributed by atoms with van der Waals surface area (Å²) in [5, 5.41) is 0. The van der Waals surface area contributed by atoms with Crippen LogP contribution in [0.3, 0.4) is 0 Å². The summed E-state index contributed by atoms with van der Waals surface area (Å²) < 4.78 is 17.2. The van der Waals surface area contributed by atoms with Gasteiger partial charge < -0.3 is 14.2 Å². The van der Waals surface area contributed by atoms with E-state index in [4.69, 9.17) is 14.2 Å². The Morgan fingerprint density at radius 3 is 2.30 bits per heavy atom. The van der Waals surface area contributed by atoms with E-state index in [-0.39, 0.29) is 5.78 Å². The van der Waals surface area contributed by atoms with Crippen LogP contribution in [0.1, 0.15) is 21.5 Å². The number of carbonyl (C=O) groups excluding carboxylic acids is 1. The molecule has 0 saturated carbocycles. The zero-order valence-electron chi connectivity index (χ0n) is 15.2. The van der Waals surface area contributed by atoms with Crippen molar-refractivity contribution >= 4 is 21.7 Å². The van der Waals surface area contributed by atoms with E-state index in [9.17, 15) is 4.79 Å². The number of nitrogens with zero attached hydrogens (tertiary/aromatic N) is 1. The molecule has 5 nitrogen and oxygen atoms in total. The number of rotatable bonds is 6. The number of methoxy groups -OCH3 is 2. The van der Waals surface area contributed by atoms with Crippen molar-refractivity contribution in [3.8, 4) is 23.1 Å². The van der Waals surface area contributed by atoms with Gasteiger partial charge in [0.15, 0.2) is 17.3 Å². The molecule has 27 heavy (non-hydrogen) atoms. The maximum absolute atomic E-state index is 12.7. The fraction of sp³-hybridized carbons (Fsp3) is 0.143. The van der Waals surface area contributed by atoms with Crippen molar-refractivity contribution in [1.82, 2.24) is 4.98 Å². The Labute approximate surface area is 166 Å². The molecule has 0 radical (unpaired) electrons. The molecule has 2 aromatic carbocycles. The highest BCUT2D eigenvalue weighted by Crippen LogP contribution is 2.29. The minimum Gasteiger partial charge on any atom is -0.493 e. The Kier molecular flexibility index (Phi) is 5.76. The molecule has 0 N–H and O–H groups in total. The highest BCUT2D eigenvalue weighted by atomic mass is 79.9. The minimum absolute atomic E-state index is 0.158. The van der Waals surface area contributed by atoms with Gasteiger partial charge >= 0.3 is 0 Å². The van der Waals surface area contributed by atoms with Crippen LogP contribution in [0, 0.1) is 6.92 Å². The van der Waals surface area contributed by atoms with Crippen LogP contribution in [-0.2, 0) is 0 Å². The first-order valence-corrected chi connectivity index (χ1v) is 8.98. The highest BCUT2D eigenvalue weighted by Gasteiger charge is 2.13. The van der Waals surface area contributed by atoms with Gasteiger partial charge in [-0.15, -0.1) is 0 Å². The van der Waals surface area contributed by atoms with Gasteiger partial charge in [0, 0.05) is 27.9 Å². The number of ether oxygens (including phenoxy) is 3. The third-order valence-electron chi connectivity index (χ3n) is 4.00. The molecule has 0 amide bonds. The third-order valence-corrected chi connectivity index (χ3v) is 4.89. The summed E-state index contributed by atoms with van der Waals surface area (Å²) in [5.41, 5.74) is 2.01. The maximum atomic E-state index is 12.7. The molecule has 138 valence electrons. The second-order valence-electron chi connectivity index (χ2n) is 5.80. The number of ketones is 1. The quantitative estimate of drug-likeness (QED) is 0.506. The average Bonchev–Trinajstić information content (AvgIpc) is 2.70. The lowest BCUT2D eigenvalue weighted by Crippen LogP contribution is -2.03. The van der Waals surface area contributed by atoms with Crippen LogP contribution in [0.25, 0.3) is 0 Å². The van der Waals surface area contributed by atoms with Crippen LogP contribution in [0.2, 0.25) is 0 Å². The summed E-state index contributed by atoms with van der Waals surface area (Å²) in [6, 6.07) is 14.1. The van der Waals surface area contributed by atoms with Crippen molar-refractivity contribution < 1.29 is 19.0 Å². The van der Waals surface area contributed by atoms with Crippen molar-refractivity contribution in [2.24, 2.45) is 0 Å². The number of hydrogen-bond acceptors (Lipinski definition) is 5. The van der Waals surface area contributed by atoms with Crippen LogP contribution < -0.4 is 14.2 Å². The van der Waals surface area contributed by atoms with E-state index in [2.05, 4.69) is 20.9 Å². The van der Waals surface area contributed by atoms with Gasteiger partial charge in [0.2, 0.25) is 5.88 Å². The lowest BCUT2D eigenvalue weighted by Gasteiger charge is -2.09. The van der Waals surface area contributed by atoms with Gasteiger partial charge in [-0.1, -0.05) is 15.9 Å². The maximum Gasteiger partial charge on any atom is 0.219 e. The van der Waals surface area contributed by atoms with Gasteiger partial charge in [0.1, 0.15) is 5.75 Å². The minimum atomic E-state index is -0.158. The molecule has 1 aromatic heterocycles. The van der Waals surface area contributed by atoms with Gasteiger partial charge in [-0.05, 0) is 55.0 Å². The Morgan fingerprint density at radius 1 is 0.926 bits per heavy atom. The monoisotopic (exact) mass is 427 g/mol. The van der Waals surface area contributed by atoms with Crippen LogP contribution in [0.15, 0.2) is 59.2 Å². The van der Waals surface area contributed by atoms with E-state index in [0.717, 1.165) is 10.0 Å². The van der Waals surface area contributed by atoms with E-state index >= 15 is 0 Å².